The summed E-state index contributed by atoms with van der Waals surface area (Å²) in [5, 5.41) is 9.24. The SMILES string of the molecule is CCCOc1ccc(S(=O)(=O)NCCCc2cccc(OC)c2)cc1C#N. The van der Waals surface area contributed by atoms with Gasteiger partial charge < -0.3 is 9.47 Å². The molecule has 2 aromatic rings. The summed E-state index contributed by atoms with van der Waals surface area (Å²) >= 11 is 0. The normalized spacial score (nSPS) is 11.0. The van der Waals surface area contributed by atoms with Crippen molar-refractivity contribution >= 4 is 10.0 Å². The maximum Gasteiger partial charge on any atom is 0.240 e. The number of benzene rings is 2. The molecule has 2 rings (SSSR count). The van der Waals surface area contributed by atoms with Crippen molar-refractivity contribution in [3.8, 4) is 17.6 Å². The highest BCUT2D eigenvalue weighted by Crippen LogP contribution is 2.22. The molecule has 0 saturated carbocycles. The zero-order valence-electron chi connectivity index (χ0n) is 15.6. The first-order valence-electron chi connectivity index (χ1n) is 8.79. The number of nitrogens with zero attached hydrogens (tertiary/aromatic N) is 1. The number of hydrogen-bond donors (Lipinski definition) is 1. The van der Waals surface area contributed by atoms with Crippen LogP contribution in [-0.4, -0.2) is 28.7 Å². The van der Waals surface area contributed by atoms with Gasteiger partial charge in [-0.2, -0.15) is 5.26 Å². The van der Waals surface area contributed by atoms with Gasteiger partial charge in [0.2, 0.25) is 10.0 Å². The standard InChI is InChI=1S/C20H24N2O4S/c1-3-12-26-20-10-9-19(14-17(20)15-21)27(23,24)22-11-5-7-16-6-4-8-18(13-16)25-2/h4,6,8-10,13-14,22H,3,5,7,11-12H2,1-2H3. The minimum atomic E-state index is -3.68. The average Bonchev–Trinajstić information content (AvgIpc) is 2.69. The first-order valence-corrected chi connectivity index (χ1v) is 10.3. The van der Waals surface area contributed by atoms with Crippen LogP contribution in [0.4, 0.5) is 0 Å². The molecule has 0 heterocycles. The quantitative estimate of drug-likeness (QED) is 0.631. The lowest BCUT2D eigenvalue weighted by atomic mass is 10.1. The van der Waals surface area contributed by atoms with Crippen molar-refractivity contribution in [2.24, 2.45) is 0 Å². The summed E-state index contributed by atoms with van der Waals surface area (Å²) in [4.78, 5) is 0.0595. The molecule has 27 heavy (non-hydrogen) atoms. The zero-order valence-corrected chi connectivity index (χ0v) is 16.4. The number of hydrogen-bond acceptors (Lipinski definition) is 5. The van der Waals surface area contributed by atoms with E-state index in [0.29, 0.717) is 25.3 Å². The highest BCUT2D eigenvalue weighted by atomic mass is 32.2. The van der Waals surface area contributed by atoms with Crippen molar-refractivity contribution in [3.05, 3.63) is 53.6 Å². The van der Waals surface area contributed by atoms with Gasteiger partial charge in [-0.1, -0.05) is 19.1 Å². The van der Waals surface area contributed by atoms with Crippen LogP contribution in [0.1, 0.15) is 30.9 Å². The van der Waals surface area contributed by atoms with Gasteiger partial charge in [0.15, 0.2) is 0 Å². The maximum atomic E-state index is 12.5. The van der Waals surface area contributed by atoms with Gasteiger partial charge in [0.1, 0.15) is 17.6 Å². The van der Waals surface area contributed by atoms with E-state index in [4.69, 9.17) is 9.47 Å². The number of nitriles is 1. The Morgan fingerprint density at radius 1 is 1.19 bits per heavy atom. The Morgan fingerprint density at radius 3 is 2.70 bits per heavy atom. The van der Waals surface area contributed by atoms with Gasteiger partial charge in [0.05, 0.1) is 24.2 Å². The fourth-order valence-electron chi connectivity index (χ4n) is 2.51. The lowest BCUT2D eigenvalue weighted by Crippen LogP contribution is -2.25. The van der Waals surface area contributed by atoms with Crippen molar-refractivity contribution in [1.82, 2.24) is 4.72 Å². The Bertz CT molecular complexity index is 904. The van der Waals surface area contributed by atoms with Gasteiger partial charge in [-0.05, 0) is 55.2 Å². The van der Waals surface area contributed by atoms with E-state index in [1.165, 1.54) is 18.2 Å². The van der Waals surface area contributed by atoms with Crippen LogP contribution in [0.2, 0.25) is 0 Å². The maximum absolute atomic E-state index is 12.5. The number of nitrogens with one attached hydrogen (secondary N) is 1. The Balaban J connectivity index is 1.96. The van der Waals surface area contributed by atoms with Gasteiger partial charge in [-0.15, -0.1) is 0 Å². The summed E-state index contributed by atoms with van der Waals surface area (Å²) in [5.41, 5.74) is 1.29. The van der Waals surface area contributed by atoms with Crippen LogP contribution in [0, 0.1) is 11.3 Å². The lowest BCUT2D eigenvalue weighted by Gasteiger charge is -2.10. The molecule has 0 radical (unpaired) electrons. The molecule has 0 aliphatic heterocycles. The Kier molecular flexibility index (Phi) is 7.65. The molecule has 0 aliphatic carbocycles. The van der Waals surface area contributed by atoms with Crippen molar-refractivity contribution < 1.29 is 17.9 Å². The fraction of sp³-hybridized carbons (Fsp3) is 0.350. The van der Waals surface area contributed by atoms with E-state index in [0.717, 1.165) is 24.2 Å². The van der Waals surface area contributed by atoms with Gasteiger partial charge in [-0.3, -0.25) is 0 Å². The smallest absolute Gasteiger partial charge is 0.240 e. The molecule has 0 fully saturated rings. The molecule has 0 amide bonds. The Labute approximate surface area is 160 Å². The highest BCUT2D eigenvalue weighted by Gasteiger charge is 2.16. The molecule has 2 aromatic carbocycles. The van der Waals surface area contributed by atoms with E-state index >= 15 is 0 Å². The van der Waals surface area contributed by atoms with E-state index in [9.17, 15) is 13.7 Å². The van der Waals surface area contributed by atoms with Crippen molar-refractivity contribution in [2.45, 2.75) is 31.1 Å². The van der Waals surface area contributed by atoms with E-state index in [1.54, 1.807) is 7.11 Å². The number of sulfonamides is 1. The third kappa shape index (κ3) is 5.98. The van der Waals surface area contributed by atoms with Crippen LogP contribution < -0.4 is 14.2 Å². The van der Waals surface area contributed by atoms with E-state index in [-0.39, 0.29) is 10.5 Å². The number of aryl methyl sites for hydroxylation is 1. The molecule has 144 valence electrons. The first kappa shape index (κ1) is 20.7. The Morgan fingerprint density at radius 2 is 2.00 bits per heavy atom. The van der Waals surface area contributed by atoms with E-state index in [1.807, 2.05) is 37.3 Å². The molecule has 0 saturated heterocycles. The number of methoxy groups -OCH3 is 1. The minimum Gasteiger partial charge on any atom is -0.497 e. The van der Waals surface area contributed by atoms with Crippen molar-refractivity contribution in [2.75, 3.05) is 20.3 Å². The van der Waals surface area contributed by atoms with Crippen LogP contribution in [0.25, 0.3) is 0 Å². The molecular weight excluding hydrogens is 364 g/mol. The van der Waals surface area contributed by atoms with Gasteiger partial charge >= 0.3 is 0 Å². The summed E-state index contributed by atoms with van der Waals surface area (Å²) < 4.78 is 38.1. The van der Waals surface area contributed by atoms with Crippen LogP contribution in [-0.2, 0) is 16.4 Å². The zero-order chi connectivity index (χ0) is 19.7. The van der Waals surface area contributed by atoms with E-state index in [2.05, 4.69) is 4.72 Å². The summed E-state index contributed by atoms with van der Waals surface area (Å²) in [5.74, 6) is 1.18. The predicted molar refractivity (Wildman–Crippen MR) is 103 cm³/mol. The average molecular weight is 388 g/mol. The van der Waals surface area contributed by atoms with Gasteiger partial charge in [0.25, 0.3) is 0 Å². The number of ether oxygens (including phenoxy) is 2. The van der Waals surface area contributed by atoms with Gasteiger partial charge in [-0.25, -0.2) is 13.1 Å². The molecule has 0 spiro atoms. The first-order chi connectivity index (χ1) is 13.0. The monoisotopic (exact) mass is 388 g/mol. The van der Waals surface area contributed by atoms with Crippen LogP contribution >= 0.6 is 0 Å². The van der Waals surface area contributed by atoms with Crippen molar-refractivity contribution in [3.63, 3.8) is 0 Å². The van der Waals surface area contributed by atoms with E-state index < -0.39 is 10.0 Å². The second kappa shape index (κ2) is 9.95. The molecule has 0 aromatic heterocycles. The molecule has 0 unspecified atom stereocenters. The van der Waals surface area contributed by atoms with Crippen LogP contribution in [0.15, 0.2) is 47.4 Å². The molecule has 0 bridgehead atoms. The van der Waals surface area contributed by atoms with Crippen LogP contribution in [0.3, 0.4) is 0 Å². The molecule has 0 atom stereocenters. The molecule has 6 nitrogen and oxygen atoms in total. The molecule has 1 N–H and O–H groups in total. The molecule has 0 aliphatic rings. The second-order valence-electron chi connectivity index (χ2n) is 5.97. The fourth-order valence-corrected chi connectivity index (χ4v) is 3.61. The number of rotatable bonds is 10. The largest absolute Gasteiger partial charge is 0.497 e. The second-order valence-corrected chi connectivity index (χ2v) is 7.74. The third-order valence-corrected chi connectivity index (χ3v) is 5.37. The van der Waals surface area contributed by atoms with Gasteiger partial charge in [0, 0.05) is 6.54 Å². The third-order valence-electron chi connectivity index (χ3n) is 3.91. The van der Waals surface area contributed by atoms with Crippen LogP contribution in [0.5, 0.6) is 11.5 Å². The summed E-state index contributed by atoms with van der Waals surface area (Å²) in [7, 11) is -2.07. The predicted octanol–water partition coefficient (Wildman–Crippen LogP) is 3.27. The minimum absolute atomic E-state index is 0.0595. The summed E-state index contributed by atoms with van der Waals surface area (Å²) in [6, 6.07) is 14.0. The summed E-state index contributed by atoms with van der Waals surface area (Å²) in [6.45, 7) is 2.74. The lowest BCUT2D eigenvalue weighted by molar-refractivity contribution is 0.316. The summed E-state index contributed by atoms with van der Waals surface area (Å²) in [6.07, 6.45) is 2.18. The molecular formula is C20H24N2O4S. The molecule has 7 heteroatoms. The van der Waals surface area contributed by atoms with Crippen molar-refractivity contribution in [1.29, 1.82) is 5.26 Å². The Hall–Kier alpha value is -2.56. The topological polar surface area (TPSA) is 88.4 Å². The highest BCUT2D eigenvalue weighted by molar-refractivity contribution is 7.89.